The van der Waals surface area contributed by atoms with Crippen LogP contribution in [0.4, 0.5) is 0 Å². The van der Waals surface area contributed by atoms with Gasteiger partial charge in [0.25, 0.3) is 0 Å². The highest BCUT2D eigenvalue weighted by Crippen LogP contribution is 2.18. The molecule has 36 heavy (non-hydrogen) atoms. The molecule has 0 aromatic heterocycles. The maximum atomic E-state index is 3.38. The fourth-order valence-electron chi connectivity index (χ4n) is 3.19. The van der Waals surface area contributed by atoms with Gasteiger partial charge in [-0.25, -0.2) is 0 Å². The van der Waals surface area contributed by atoms with Crippen LogP contribution in [0.1, 0.15) is 33.4 Å². The topological polar surface area (TPSA) is 0 Å². The molecule has 4 rings (SSSR count). The van der Waals surface area contributed by atoms with Gasteiger partial charge in [-0.2, -0.15) is 0 Å². The van der Waals surface area contributed by atoms with E-state index < -0.39 is 0 Å². The zero-order valence-corrected chi connectivity index (χ0v) is 22.5. The lowest BCUT2D eigenvalue weighted by atomic mass is 10.1. The molecule has 0 spiro atoms. The molecule has 0 unspecified atom stereocenters. The molecule has 2 heteroatoms. The summed E-state index contributed by atoms with van der Waals surface area (Å²) in [5.41, 5.74) is 6.71. The number of halogens is 2. The van der Waals surface area contributed by atoms with Gasteiger partial charge in [0.15, 0.2) is 0 Å². The predicted octanol–water partition coefficient (Wildman–Crippen LogP) is 8.66. The van der Waals surface area contributed by atoms with Crippen molar-refractivity contribution in [2.45, 2.75) is 0 Å². The molecule has 0 heterocycles. The molecule has 0 nitrogen and oxygen atoms in total. The third-order valence-electron chi connectivity index (χ3n) is 4.99. The van der Waals surface area contributed by atoms with Gasteiger partial charge in [-0.3, -0.25) is 0 Å². The molecule has 0 aliphatic heterocycles. The molecule has 4 aromatic rings. The van der Waals surface area contributed by atoms with E-state index in [9.17, 15) is 0 Å². The highest BCUT2D eigenvalue weighted by molar-refractivity contribution is 9.28. The van der Waals surface area contributed by atoms with Gasteiger partial charge < -0.3 is 0 Å². The lowest BCUT2D eigenvalue weighted by Crippen LogP contribution is -1.81. The van der Waals surface area contributed by atoms with Crippen LogP contribution in [0.5, 0.6) is 0 Å². The first-order chi connectivity index (χ1) is 17.6. The average molecular weight is 588 g/mol. The summed E-state index contributed by atoms with van der Waals surface area (Å²) in [6.45, 7) is 0. The Bertz CT molecular complexity index is 1490. The van der Waals surface area contributed by atoms with Crippen LogP contribution in [0, 0.1) is 35.5 Å². The summed E-state index contributed by atoms with van der Waals surface area (Å²) in [6.07, 6.45) is 4.00. The molecular formula is C34H20Br2. The van der Waals surface area contributed by atoms with Crippen LogP contribution in [0.25, 0.3) is 12.2 Å². The van der Waals surface area contributed by atoms with E-state index in [1.54, 1.807) is 0 Å². The van der Waals surface area contributed by atoms with Gasteiger partial charge in [-0.1, -0.05) is 96.2 Å². The highest BCUT2D eigenvalue weighted by atomic mass is 79.9. The summed E-state index contributed by atoms with van der Waals surface area (Å²) >= 11 is 6.76. The number of allylic oxidation sites excluding steroid dienone is 1. The Balaban J connectivity index is 1.55. The zero-order valence-electron chi connectivity index (χ0n) is 19.3. The first-order valence-corrected chi connectivity index (χ1v) is 12.8. The van der Waals surface area contributed by atoms with E-state index in [-0.39, 0.29) is 0 Å². The van der Waals surface area contributed by atoms with Crippen LogP contribution in [0.15, 0.2) is 118 Å². The number of rotatable bonds is 2. The van der Waals surface area contributed by atoms with E-state index in [0.717, 1.165) is 42.3 Å². The van der Waals surface area contributed by atoms with E-state index in [0.29, 0.717) is 0 Å². The van der Waals surface area contributed by atoms with Crippen LogP contribution in [-0.2, 0) is 0 Å². The van der Waals surface area contributed by atoms with Gasteiger partial charge in [0.2, 0.25) is 0 Å². The molecule has 0 saturated carbocycles. The van der Waals surface area contributed by atoms with E-state index in [2.05, 4.69) is 67.4 Å². The van der Waals surface area contributed by atoms with Crippen molar-refractivity contribution in [1.29, 1.82) is 0 Å². The smallest absolute Gasteiger partial charge is 0.0622 e. The summed E-state index contributed by atoms with van der Waals surface area (Å²) in [5, 5.41) is 0. The van der Waals surface area contributed by atoms with E-state index in [1.165, 1.54) is 0 Å². The van der Waals surface area contributed by atoms with E-state index in [4.69, 9.17) is 0 Å². The molecule has 0 aliphatic carbocycles. The Morgan fingerprint density at radius 3 is 1.25 bits per heavy atom. The molecule has 0 saturated heterocycles. The average Bonchev–Trinajstić information content (AvgIpc) is 2.91. The molecule has 0 fully saturated rings. The third kappa shape index (κ3) is 8.34. The normalized spacial score (nSPS) is 9.28. The van der Waals surface area contributed by atoms with Crippen molar-refractivity contribution in [1.82, 2.24) is 0 Å². The molecule has 0 bridgehead atoms. The summed E-state index contributed by atoms with van der Waals surface area (Å²) in [6, 6.07) is 36.1. The summed E-state index contributed by atoms with van der Waals surface area (Å²) in [7, 11) is 0. The largest absolute Gasteiger partial charge is 0.0757 e. The second-order valence-electron chi connectivity index (χ2n) is 7.72. The Morgan fingerprint density at radius 2 is 0.833 bits per heavy atom. The van der Waals surface area contributed by atoms with Crippen molar-refractivity contribution in [3.05, 3.63) is 152 Å². The SMILES string of the molecule is BrC(Br)=Cc1ccc(C#Cc2ccc(C=C(C#Cc3ccccc3)C#Cc3ccccc3)cc2)cc1. The summed E-state index contributed by atoms with van der Waals surface area (Å²) in [4.78, 5) is 0. The third-order valence-corrected chi connectivity index (χ3v) is 5.45. The molecule has 0 radical (unpaired) electrons. The van der Waals surface area contributed by atoms with Crippen molar-refractivity contribution in [2.24, 2.45) is 0 Å². The molecular weight excluding hydrogens is 568 g/mol. The predicted molar refractivity (Wildman–Crippen MR) is 159 cm³/mol. The minimum atomic E-state index is 0.755. The Hall–Kier alpha value is -4.00. The highest BCUT2D eigenvalue weighted by Gasteiger charge is 1.95. The summed E-state index contributed by atoms with van der Waals surface area (Å²) < 4.78 is 0.906. The molecule has 0 aliphatic rings. The first kappa shape index (κ1) is 25.1. The van der Waals surface area contributed by atoms with Gasteiger partial charge in [-0.05, 0) is 104 Å². The van der Waals surface area contributed by atoms with Gasteiger partial charge in [-0.15, -0.1) is 0 Å². The quantitative estimate of drug-likeness (QED) is 0.206. The minimum absolute atomic E-state index is 0.755. The van der Waals surface area contributed by atoms with Gasteiger partial charge in [0.1, 0.15) is 0 Å². The van der Waals surface area contributed by atoms with Crippen molar-refractivity contribution in [3.8, 4) is 35.5 Å². The maximum absolute atomic E-state index is 3.38. The summed E-state index contributed by atoms with van der Waals surface area (Å²) in [5.74, 6) is 19.3. The first-order valence-electron chi connectivity index (χ1n) is 11.2. The second-order valence-corrected chi connectivity index (χ2v) is 10.5. The molecule has 0 amide bonds. The van der Waals surface area contributed by atoms with Gasteiger partial charge >= 0.3 is 0 Å². The number of benzene rings is 4. The van der Waals surface area contributed by atoms with Crippen LogP contribution in [0.3, 0.4) is 0 Å². The maximum Gasteiger partial charge on any atom is 0.0757 e. The van der Waals surface area contributed by atoms with Crippen LogP contribution < -0.4 is 0 Å². The molecule has 170 valence electrons. The van der Waals surface area contributed by atoms with Crippen molar-refractivity contribution >= 4 is 44.0 Å². The number of hydrogen-bond acceptors (Lipinski definition) is 0. The van der Waals surface area contributed by atoms with Gasteiger partial charge in [0.05, 0.1) is 8.96 Å². The van der Waals surface area contributed by atoms with Crippen LogP contribution in [0.2, 0.25) is 0 Å². The Morgan fingerprint density at radius 1 is 0.444 bits per heavy atom. The Labute approximate surface area is 230 Å². The lowest BCUT2D eigenvalue weighted by molar-refractivity contribution is 1.59. The Kier molecular flexibility index (Phi) is 9.19. The van der Waals surface area contributed by atoms with Crippen LogP contribution in [-0.4, -0.2) is 0 Å². The van der Waals surface area contributed by atoms with Crippen molar-refractivity contribution in [3.63, 3.8) is 0 Å². The van der Waals surface area contributed by atoms with Crippen LogP contribution >= 0.6 is 31.9 Å². The molecule has 0 atom stereocenters. The molecule has 4 aromatic carbocycles. The monoisotopic (exact) mass is 586 g/mol. The minimum Gasteiger partial charge on any atom is -0.0622 e. The lowest BCUT2D eigenvalue weighted by Gasteiger charge is -1.97. The molecule has 0 N–H and O–H groups in total. The fraction of sp³-hybridized carbons (Fsp3) is 0. The van der Waals surface area contributed by atoms with E-state index in [1.807, 2.05) is 121 Å². The van der Waals surface area contributed by atoms with Crippen molar-refractivity contribution < 1.29 is 0 Å². The second kappa shape index (κ2) is 13.2. The van der Waals surface area contributed by atoms with Gasteiger partial charge in [0, 0.05) is 22.3 Å². The fourth-order valence-corrected chi connectivity index (χ4v) is 3.72. The zero-order chi connectivity index (χ0) is 25.0. The van der Waals surface area contributed by atoms with Crippen molar-refractivity contribution in [2.75, 3.05) is 0 Å². The standard InChI is InChI=1S/C34H20Br2/c35-34(36)26-33-23-17-30(18-24-33)12-11-29-15-21-32(22-16-29)25-31(19-13-27-7-3-1-4-8-27)20-14-28-9-5-2-6-10-28/h1-10,15-18,21-26H. The van der Waals surface area contributed by atoms with E-state index >= 15 is 0 Å². The number of hydrogen-bond donors (Lipinski definition) is 0.